The molecule has 2 rings (SSSR count). The number of nitrogens with zero attached hydrogens (tertiary/aromatic N) is 1. The van der Waals surface area contributed by atoms with Crippen LogP contribution in [0, 0.1) is 0 Å². The predicted octanol–water partition coefficient (Wildman–Crippen LogP) is 3.20. The number of benzene rings is 1. The number of ketones is 1. The Balaban J connectivity index is 1.74. The Morgan fingerprint density at radius 3 is 2.10 bits per heavy atom. The molecule has 0 spiro atoms. The van der Waals surface area contributed by atoms with Crippen LogP contribution in [0.1, 0.15) is 52.8 Å². The highest BCUT2D eigenvalue weighted by molar-refractivity contribution is 9.09. The number of rotatable bonds is 8. The number of Topliss-reactive ketones (excluding diaryl/α,β-unsaturated/α-hetero) is 1. The van der Waals surface area contributed by atoms with E-state index in [0.29, 0.717) is 29.4 Å². The van der Waals surface area contributed by atoms with E-state index < -0.39 is 0 Å². The van der Waals surface area contributed by atoms with Crippen LogP contribution in [-0.4, -0.2) is 34.4 Å². The summed E-state index contributed by atoms with van der Waals surface area (Å²) in [6.07, 6.45) is 4.11. The minimum atomic E-state index is -0.190. The van der Waals surface area contributed by atoms with Crippen molar-refractivity contribution in [2.24, 2.45) is 0 Å². The van der Waals surface area contributed by atoms with E-state index >= 15 is 0 Å². The molecular formula is C16H18BrNO3. The van der Waals surface area contributed by atoms with E-state index in [-0.39, 0.29) is 17.6 Å². The largest absolute Gasteiger partial charge is 0.299 e. The van der Waals surface area contributed by atoms with Crippen LogP contribution in [0.5, 0.6) is 0 Å². The molecule has 0 aromatic heterocycles. The Morgan fingerprint density at radius 2 is 1.52 bits per heavy atom. The molecule has 0 atom stereocenters. The van der Waals surface area contributed by atoms with E-state index in [0.717, 1.165) is 25.7 Å². The normalized spacial score (nSPS) is 13.7. The van der Waals surface area contributed by atoms with Crippen molar-refractivity contribution < 1.29 is 14.4 Å². The third kappa shape index (κ3) is 3.79. The molecule has 1 aliphatic rings. The highest BCUT2D eigenvalue weighted by atomic mass is 79.9. The molecule has 0 radical (unpaired) electrons. The molecule has 2 amide bonds. The molecule has 112 valence electrons. The Labute approximate surface area is 132 Å². The van der Waals surface area contributed by atoms with Crippen LogP contribution in [0.25, 0.3) is 0 Å². The number of carbonyl (C=O) groups excluding carboxylic acids is 3. The lowest BCUT2D eigenvalue weighted by atomic mass is 10.1. The molecule has 4 nitrogen and oxygen atoms in total. The van der Waals surface area contributed by atoms with Gasteiger partial charge in [0.05, 0.1) is 16.5 Å². The number of amides is 2. The van der Waals surface area contributed by atoms with Gasteiger partial charge in [-0.15, -0.1) is 0 Å². The van der Waals surface area contributed by atoms with Crippen molar-refractivity contribution in [2.45, 2.75) is 32.1 Å². The first-order chi connectivity index (χ1) is 10.1. The fraction of sp³-hybridized carbons (Fsp3) is 0.438. The third-order valence-electron chi connectivity index (χ3n) is 3.61. The number of hydrogen-bond acceptors (Lipinski definition) is 3. The molecule has 5 heteroatoms. The number of unbranched alkanes of at least 4 members (excludes halogenated alkanes) is 3. The summed E-state index contributed by atoms with van der Waals surface area (Å²) in [5, 5.41) is 0.419. The molecule has 1 aliphatic heterocycles. The molecule has 0 N–H and O–H groups in total. The lowest BCUT2D eigenvalue weighted by molar-refractivity contribution is -0.116. The van der Waals surface area contributed by atoms with Gasteiger partial charge >= 0.3 is 0 Å². The van der Waals surface area contributed by atoms with Crippen LogP contribution in [0.15, 0.2) is 24.3 Å². The number of halogens is 1. The van der Waals surface area contributed by atoms with E-state index in [1.807, 2.05) is 0 Å². The Hall–Kier alpha value is -1.49. The zero-order valence-electron chi connectivity index (χ0n) is 11.8. The highest BCUT2D eigenvalue weighted by Crippen LogP contribution is 2.22. The van der Waals surface area contributed by atoms with Crippen LogP contribution < -0.4 is 0 Å². The van der Waals surface area contributed by atoms with E-state index in [1.54, 1.807) is 24.3 Å². The summed E-state index contributed by atoms with van der Waals surface area (Å²) in [7, 11) is 0. The van der Waals surface area contributed by atoms with Gasteiger partial charge in [-0.2, -0.15) is 0 Å². The fourth-order valence-electron chi connectivity index (χ4n) is 2.45. The molecule has 1 heterocycles. The van der Waals surface area contributed by atoms with Crippen molar-refractivity contribution >= 4 is 33.5 Å². The van der Waals surface area contributed by atoms with Crippen LogP contribution in [-0.2, 0) is 4.79 Å². The second kappa shape index (κ2) is 7.50. The van der Waals surface area contributed by atoms with Crippen molar-refractivity contribution in [3.05, 3.63) is 35.4 Å². The highest BCUT2D eigenvalue weighted by Gasteiger charge is 2.34. The molecular weight excluding hydrogens is 334 g/mol. The van der Waals surface area contributed by atoms with Crippen LogP contribution in [0.4, 0.5) is 0 Å². The molecule has 0 saturated carbocycles. The smallest absolute Gasteiger partial charge is 0.261 e. The topological polar surface area (TPSA) is 54.5 Å². The Kier molecular flexibility index (Phi) is 5.67. The van der Waals surface area contributed by atoms with E-state index in [2.05, 4.69) is 15.9 Å². The first-order valence-corrected chi connectivity index (χ1v) is 8.30. The van der Waals surface area contributed by atoms with E-state index in [9.17, 15) is 14.4 Å². The van der Waals surface area contributed by atoms with Crippen LogP contribution >= 0.6 is 15.9 Å². The monoisotopic (exact) mass is 351 g/mol. The summed E-state index contributed by atoms with van der Waals surface area (Å²) in [4.78, 5) is 36.7. The lowest BCUT2D eigenvalue weighted by Gasteiger charge is -2.13. The molecule has 0 bridgehead atoms. The molecule has 0 saturated heterocycles. The maximum Gasteiger partial charge on any atom is 0.261 e. The van der Waals surface area contributed by atoms with Crippen molar-refractivity contribution in [3.8, 4) is 0 Å². The van der Waals surface area contributed by atoms with Crippen molar-refractivity contribution in [3.63, 3.8) is 0 Å². The van der Waals surface area contributed by atoms with Gasteiger partial charge in [-0.3, -0.25) is 19.3 Å². The summed E-state index contributed by atoms with van der Waals surface area (Å²) in [5.41, 5.74) is 1.01. The van der Waals surface area contributed by atoms with Crippen molar-refractivity contribution in [2.75, 3.05) is 11.9 Å². The predicted molar refractivity (Wildman–Crippen MR) is 83.7 cm³/mol. The maximum atomic E-state index is 12.1. The summed E-state index contributed by atoms with van der Waals surface area (Å²) in [6, 6.07) is 6.94. The average Bonchev–Trinajstić information content (AvgIpc) is 2.75. The van der Waals surface area contributed by atoms with Gasteiger partial charge in [0.2, 0.25) is 0 Å². The van der Waals surface area contributed by atoms with Gasteiger partial charge in [-0.1, -0.05) is 40.9 Å². The standard InChI is InChI=1S/C16H18BrNO3/c17-11-12(19)7-3-1-2-6-10-18-15(20)13-8-4-5-9-14(13)16(18)21/h4-5,8-9H,1-3,6-7,10-11H2. The quantitative estimate of drug-likeness (QED) is 0.410. The van der Waals surface area contributed by atoms with Gasteiger partial charge in [-0.25, -0.2) is 0 Å². The zero-order chi connectivity index (χ0) is 15.2. The molecule has 0 aliphatic carbocycles. The number of imide groups is 1. The molecule has 1 aromatic rings. The second-order valence-electron chi connectivity index (χ2n) is 5.14. The van der Waals surface area contributed by atoms with Gasteiger partial charge in [-0.05, 0) is 25.0 Å². The molecule has 21 heavy (non-hydrogen) atoms. The van der Waals surface area contributed by atoms with Crippen LogP contribution in [0.3, 0.4) is 0 Å². The maximum absolute atomic E-state index is 12.1. The first kappa shape index (κ1) is 15.9. The second-order valence-corrected chi connectivity index (χ2v) is 5.70. The van der Waals surface area contributed by atoms with Gasteiger partial charge in [0.1, 0.15) is 5.78 Å². The summed E-state index contributed by atoms with van der Waals surface area (Å²) >= 11 is 3.14. The number of fused-ring (bicyclic) bond motifs is 1. The van der Waals surface area contributed by atoms with Gasteiger partial charge in [0.15, 0.2) is 0 Å². The molecule has 0 unspecified atom stereocenters. The number of alkyl halides is 1. The van der Waals surface area contributed by atoms with Gasteiger partial charge in [0, 0.05) is 13.0 Å². The Morgan fingerprint density at radius 1 is 0.952 bits per heavy atom. The summed E-state index contributed by atoms with van der Waals surface area (Å²) < 4.78 is 0. The summed E-state index contributed by atoms with van der Waals surface area (Å²) in [5.74, 6) is -0.162. The number of hydrogen-bond donors (Lipinski definition) is 0. The van der Waals surface area contributed by atoms with Crippen molar-refractivity contribution in [1.29, 1.82) is 0 Å². The van der Waals surface area contributed by atoms with E-state index in [4.69, 9.17) is 0 Å². The number of carbonyl (C=O) groups is 3. The molecule has 0 fully saturated rings. The SMILES string of the molecule is O=C(CBr)CCCCCCN1C(=O)c2ccccc2C1=O. The van der Waals surface area contributed by atoms with Crippen molar-refractivity contribution in [1.82, 2.24) is 4.90 Å². The van der Waals surface area contributed by atoms with E-state index in [1.165, 1.54) is 4.90 Å². The Bertz CT molecular complexity index is 521. The minimum absolute atomic E-state index is 0.190. The van der Waals surface area contributed by atoms with Crippen LogP contribution in [0.2, 0.25) is 0 Å². The van der Waals surface area contributed by atoms with Gasteiger partial charge in [0.25, 0.3) is 11.8 Å². The van der Waals surface area contributed by atoms with Gasteiger partial charge < -0.3 is 0 Å². The molecule has 1 aromatic carbocycles. The fourth-order valence-corrected chi connectivity index (χ4v) is 2.74. The minimum Gasteiger partial charge on any atom is -0.299 e. The average molecular weight is 352 g/mol. The lowest BCUT2D eigenvalue weighted by Crippen LogP contribution is -2.30. The zero-order valence-corrected chi connectivity index (χ0v) is 13.4. The first-order valence-electron chi connectivity index (χ1n) is 7.18. The summed E-state index contributed by atoms with van der Waals surface area (Å²) in [6.45, 7) is 0.457. The third-order valence-corrected chi connectivity index (χ3v) is 4.24.